The van der Waals surface area contributed by atoms with E-state index in [4.69, 9.17) is 4.42 Å². The summed E-state index contributed by atoms with van der Waals surface area (Å²) in [5, 5.41) is 3.60. The Morgan fingerprint density at radius 1 is 1.00 bits per heavy atom. The van der Waals surface area contributed by atoms with Crippen LogP contribution in [-0.2, 0) is 6.42 Å². The van der Waals surface area contributed by atoms with Gasteiger partial charge in [0.25, 0.3) is 0 Å². The predicted octanol–water partition coefficient (Wildman–Crippen LogP) is 4.86. The summed E-state index contributed by atoms with van der Waals surface area (Å²) in [6.45, 7) is 11.6. The highest BCUT2D eigenvalue weighted by atomic mass is 16.3. The van der Waals surface area contributed by atoms with E-state index in [1.165, 1.54) is 28.7 Å². The topological polar surface area (TPSA) is 25.2 Å². The lowest BCUT2D eigenvalue weighted by molar-refractivity contribution is 0.494. The van der Waals surface area contributed by atoms with Gasteiger partial charge < -0.3 is 9.73 Å². The molecule has 2 aromatic rings. The van der Waals surface area contributed by atoms with Gasteiger partial charge in [-0.3, -0.25) is 0 Å². The van der Waals surface area contributed by atoms with Crippen molar-refractivity contribution in [2.45, 2.75) is 53.5 Å². The predicted molar refractivity (Wildman–Crippen MR) is 88.9 cm³/mol. The summed E-state index contributed by atoms with van der Waals surface area (Å²) in [4.78, 5) is 0. The molecule has 0 aliphatic rings. The molecular weight excluding hydrogens is 258 g/mol. The van der Waals surface area contributed by atoms with Crippen molar-refractivity contribution in [2.75, 3.05) is 6.54 Å². The molecule has 1 heterocycles. The number of nitrogens with one attached hydrogen (secondary N) is 1. The van der Waals surface area contributed by atoms with E-state index in [2.05, 4.69) is 57.3 Å². The van der Waals surface area contributed by atoms with Crippen LogP contribution < -0.4 is 5.32 Å². The molecule has 0 amide bonds. The lowest BCUT2D eigenvalue weighted by atomic mass is 9.94. The van der Waals surface area contributed by atoms with E-state index >= 15 is 0 Å². The number of hydrogen-bond acceptors (Lipinski definition) is 2. The van der Waals surface area contributed by atoms with Crippen LogP contribution in [0.5, 0.6) is 0 Å². The minimum Gasteiger partial charge on any atom is -0.466 e. The Labute approximate surface area is 128 Å². The lowest BCUT2D eigenvalue weighted by Crippen LogP contribution is -2.23. The molecular formula is C19H27NO. The third-order valence-electron chi connectivity index (χ3n) is 4.17. The summed E-state index contributed by atoms with van der Waals surface area (Å²) in [6, 6.07) is 9.21. The van der Waals surface area contributed by atoms with Gasteiger partial charge in [-0.25, -0.2) is 0 Å². The van der Waals surface area contributed by atoms with E-state index in [9.17, 15) is 0 Å². The van der Waals surface area contributed by atoms with Crippen LogP contribution >= 0.6 is 0 Å². The molecule has 1 atom stereocenters. The third-order valence-corrected chi connectivity index (χ3v) is 4.17. The Balaban J connectivity index is 2.38. The van der Waals surface area contributed by atoms with Gasteiger partial charge in [0.15, 0.2) is 0 Å². The van der Waals surface area contributed by atoms with Gasteiger partial charge in [-0.2, -0.15) is 0 Å². The highest BCUT2D eigenvalue weighted by molar-refractivity contribution is 5.41. The van der Waals surface area contributed by atoms with E-state index in [0.717, 1.165) is 24.5 Å². The van der Waals surface area contributed by atoms with Crippen molar-refractivity contribution in [3.05, 3.63) is 58.0 Å². The Hall–Kier alpha value is -1.54. The number of rotatable bonds is 6. The smallest absolute Gasteiger partial charge is 0.106 e. The van der Waals surface area contributed by atoms with E-state index in [1.807, 2.05) is 6.92 Å². The van der Waals surface area contributed by atoms with Crippen LogP contribution in [0.4, 0.5) is 0 Å². The highest BCUT2D eigenvalue weighted by Crippen LogP contribution is 2.31. The maximum absolute atomic E-state index is 5.82. The first-order valence-electron chi connectivity index (χ1n) is 7.97. The Morgan fingerprint density at radius 2 is 1.67 bits per heavy atom. The fourth-order valence-electron chi connectivity index (χ4n) is 2.99. The SMILES string of the molecule is CCCc1ccc(C(NCC)c2c(C)oc(C)c2C)cc1. The largest absolute Gasteiger partial charge is 0.466 e. The van der Waals surface area contributed by atoms with Gasteiger partial charge in [-0.05, 0) is 50.4 Å². The molecule has 114 valence electrons. The average Bonchev–Trinajstić information content (AvgIpc) is 2.71. The van der Waals surface area contributed by atoms with E-state index in [-0.39, 0.29) is 6.04 Å². The molecule has 1 unspecified atom stereocenters. The van der Waals surface area contributed by atoms with Crippen molar-refractivity contribution < 1.29 is 4.42 Å². The van der Waals surface area contributed by atoms with Gasteiger partial charge in [0.05, 0.1) is 6.04 Å². The molecule has 2 rings (SSSR count). The molecule has 21 heavy (non-hydrogen) atoms. The summed E-state index contributed by atoms with van der Waals surface area (Å²) in [7, 11) is 0. The third kappa shape index (κ3) is 3.38. The molecule has 0 bridgehead atoms. The minimum atomic E-state index is 0.211. The molecule has 0 saturated carbocycles. The zero-order chi connectivity index (χ0) is 15.4. The van der Waals surface area contributed by atoms with Crippen LogP contribution in [0.25, 0.3) is 0 Å². The van der Waals surface area contributed by atoms with Gasteiger partial charge in [-0.15, -0.1) is 0 Å². The molecule has 1 aromatic carbocycles. The Kier molecular flexibility index (Phi) is 5.24. The van der Waals surface area contributed by atoms with Crippen LogP contribution in [0.3, 0.4) is 0 Å². The standard InChI is InChI=1S/C19H27NO/c1-6-8-16-9-11-17(12-10-16)19(20-7-2)18-13(3)14(4)21-15(18)5/h9-12,19-20H,6-8H2,1-5H3. The molecule has 1 aromatic heterocycles. The summed E-state index contributed by atoms with van der Waals surface area (Å²) in [5.74, 6) is 2.04. The molecule has 0 saturated heterocycles. The molecule has 2 nitrogen and oxygen atoms in total. The van der Waals surface area contributed by atoms with E-state index in [1.54, 1.807) is 0 Å². The molecule has 1 N–H and O–H groups in total. The number of aryl methyl sites for hydroxylation is 3. The second-order valence-electron chi connectivity index (χ2n) is 5.74. The number of hydrogen-bond donors (Lipinski definition) is 1. The first-order valence-corrected chi connectivity index (χ1v) is 7.97. The molecule has 0 aliphatic carbocycles. The van der Waals surface area contributed by atoms with Crippen molar-refractivity contribution in [3.63, 3.8) is 0 Å². The fourth-order valence-corrected chi connectivity index (χ4v) is 2.99. The van der Waals surface area contributed by atoms with Crippen molar-refractivity contribution in [3.8, 4) is 0 Å². The highest BCUT2D eigenvalue weighted by Gasteiger charge is 2.21. The van der Waals surface area contributed by atoms with Crippen LogP contribution in [0.15, 0.2) is 28.7 Å². The van der Waals surface area contributed by atoms with Gasteiger partial charge in [0.2, 0.25) is 0 Å². The van der Waals surface area contributed by atoms with E-state index in [0.29, 0.717) is 0 Å². The summed E-state index contributed by atoms with van der Waals surface area (Å²) in [5.41, 5.74) is 5.27. The van der Waals surface area contributed by atoms with Gasteiger partial charge >= 0.3 is 0 Å². The summed E-state index contributed by atoms with van der Waals surface area (Å²) >= 11 is 0. The van der Waals surface area contributed by atoms with Gasteiger partial charge in [0, 0.05) is 5.56 Å². The minimum absolute atomic E-state index is 0.211. The van der Waals surface area contributed by atoms with Gasteiger partial charge in [-0.1, -0.05) is 44.5 Å². The van der Waals surface area contributed by atoms with Crippen molar-refractivity contribution in [1.29, 1.82) is 0 Å². The van der Waals surface area contributed by atoms with Crippen molar-refractivity contribution >= 4 is 0 Å². The molecule has 2 heteroatoms. The first kappa shape index (κ1) is 15.8. The number of furan rings is 1. The Bertz CT molecular complexity index is 580. The van der Waals surface area contributed by atoms with Gasteiger partial charge in [0.1, 0.15) is 11.5 Å². The summed E-state index contributed by atoms with van der Waals surface area (Å²) < 4.78 is 5.82. The second kappa shape index (κ2) is 6.95. The maximum atomic E-state index is 5.82. The van der Waals surface area contributed by atoms with Crippen molar-refractivity contribution in [1.82, 2.24) is 5.32 Å². The monoisotopic (exact) mass is 285 g/mol. The number of benzene rings is 1. The molecule has 0 spiro atoms. The van der Waals surface area contributed by atoms with E-state index < -0.39 is 0 Å². The Morgan fingerprint density at radius 3 is 2.14 bits per heavy atom. The normalized spacial score (nSPS) is 12.6. The van der Waals surface area contributed by atoms with Crippen LogP contribution in [0.1, 0.15) is 60.1 Å². The molecule has 0 aliphatic heterocycles. The maximum Gasteiger partial charge on any atom is 0.106 e. The second-order valence-corrected chi connectivity index (χ2v) is 5.74. The zero-order valence-corrected chi connectivity index (χ0v) is 13.9. The molecule has 0 radical (unpaired) electrons. The lowest BCUT2D eigenvalue weighted by Gasteiger charge is -2.19. The molecule has 0 fully saturated rings. The van der Waals surface area contributed by atoms with Crippen molar-refractivity contribution in [2.24, 2.45) is 0 Å². The first-order chi connectivity index (χ1) is 10.1. The summed E-state index contributed by atoms with van der Waals surface area (Å²) in [6.07, 6.45) is 2.34. The zero-order valence-electron chi connectivity index (χ0n) is 13.9. The quantitative estimate of drug-likeness (QED) is 0.820. The van der Waals surface area contributed by atoms with Crippen LogP contribution in [0, 0.1) is 20.8 Å². The van der Waals surface area contributed by atoms with Crippen LogP contribution in [-0.4, -0.2) is 6.54 Å². The average molecular weight is 285 g/mol. The van der Waals surface area contributed by atoms with Crippen LogP contribution in [0.2, 0.25) is 0 Å². The fraction of sp³-hybridized carbons (Fsp3) is 0.474.